The summed E-state index contributed by atoms with van der Waals surface area (Å²) < 4.78 is 41.7. The number of carbonyl (C=O) groups excluding carboxylic acids is 2. The van der Waals surface area contributed by atoms with Gasteiger partial charge in [0.25, 0.3) is 11.6 Å². The molecule has 1 heterocycles. The highest BCUT2D eigenvalue weighted by Crippen LogP contribution is 2.26. The minimum absolute atomic E-state index is 0.0307. The van der Waals surface area contributed by atoms with Crippen LogP contribution in [-0.2, 0) is 6.54 Å². The first kappa shape index (κ1) is 23.8. The number of likely N-dealkylation sites (tertiary alicyclic amines) is 1. The van der Waals surface area contributed by atoms with E-state index in [0.29, 0.717) is 24.3 Å². The topological polar surface area (TPSA) is 114 Å². The van der Waals surface area contributed by atoms with Crippen LogP contribution in [0.3, 0.4) is 0 Å². The molecule has 0 aliphatic carbocycles. The molecule has 0 bridgehead atoms. The number of hydrogen-bond donors (Lipinski definition) is 2. The van der Waals surface area contributed by atoms with E-state index in [4.69, 9.17) is 0 Å². The second-order valence-electron chi connectivity index (χ2n) is 7.35. The first-order valence-corrected chi connectivity index (χ1v) is 10.0. The molecular formula is C21H21F3N4O5. The van der Waals surface area contributed by atoms with Gasteiger partial charge in [-0.1, -0.05) is 12.1 Å². The normalized spacial score (nSPS) is 13.5. The van der Waals surface area contributed by atoms with E-state index in [9.17, 15) is 32.9 Å². The van der Waals surface area contributed by atoms with E-state index in [-0.39, 0.29) is 18.3 Å². The van der Waals surface area contributed by atoms with Gasteiger partial charge in [0.15, 0.2) is 6.61 Å². The van der Waals surface area contributed by atoms with Crippen molar-refractivity contribution in [3.63, 3.8) is 0 Å². The van der Waals surface area contributed by atoms with Crippen LogP contribution in [0.1, 0.15) is 28.8 Å². The molecule has 33 heavy (non-hydrogen) atoms. The second-order valence-corrected chi connectivity index (χ2v) is 7.35. The zero-order valence-electron chi connectivity index (χ0n) is 17.4. The molecule has 12 heteroatoms. The summed E-state index contributed by atoms with van der Waals surface area (Å²) in [7, 11) is 0. The minimum Gasteiger partial charge on any atom is -0.484 e. The number of amides is 3. The molecule has 0 atom stereocenters. The Labute approximate surface area is 186 Å². The monoisotopic (exact) mass is 466 g/mol. The average Bonchev–Trinajstić information content (AvgIpc) is 3.31. The number of halogens is 3. The van der Waals surface area contributed by atoms with Crippen molar-refractivity contribution in [3.05, 3.63) is 63.7 Å². The third kappa shape index (κ3) is 6.82. The first-order valence-electron chi connectivity index (χ1n) is 10.0. The third-order valence-electron chi connectivity index (χ3n) is 4.84. The predicted molar refractivity (Wildman–Crippen MR) is 112 cm³/mol. The Morgan fingerprint density at radius 2 is 1.85 bits per heavy atom. The molecule has 176 valence electrons. The maximum atomic E-state index is 12.6. The van der Waals surface area contributed by atoms with E-state index in [0.717, 1.165) is 31.0 Å². The molecule has 2 N–H and O–H groups in total. The average molecular weight is 466 g/mol. The number of nitrogens with zero attached hydrogens (tertiary/aromatic N) is 2. The van der Waals surface area contributed by atoms with Gasteiger partial charge >= 0.3 is 12.2 Å². The van der Waals surface area contributed by atoms with Crippen molar-refractivity contribution in [2.24, 2.45) is 0 Å². The fourth-order valence-electron chi connectivity index (χ4n) is 3.27. The van der Waals surface area contributed by atoms with Gasteiger partial charge in [0.1, 0.15) is 11.3 Å². The van der Waals surface area contributed by atoms with Crippen LogP contribution in [0.4, 0.5) is 29.3 Å². The lowest BCUT2D eigenvalue weighted by Gasteiger charge is -2.16. The maximum Gasteiger partial charge on any atom is 0.422 e. The largest absolute Gasteiger partial charge is 0.484 e. The summed E-state index contributed by atoms with van der Waals surface area (Å²) in [6.07, 6.45) is -2.69. The van der Waals surface area contributed by atoms with Gasteiger partial charge in [-0.2, -0.15) is 13.2 Å². The van der Waals surface area contributed by atoms with Gasteiger partial charge in [-0.25, -0.2) is 4.79 Å². The van der Waals surface area contributed by atoms with Crippen molar-refractivity contribution in [1.29, 1.82) is 0 Å². The molecule has 1 aliphatic rings. The Morgan fingerprint density at radius 3 is 2.52 bits per heavy atom. The number of anilines is 1. The van der Waals surface area contributed by atoms with Gasteiger partial charge in [-0.15, -0.1) is 0 Å². The van der Waals surface area contributed by atoms with Crippen molar-refractivity contribution in [2.45, 2.75) is 25.6 Å². The molecule has 3 amide bonds. The third-order valence-corrected chi connectivity index (χ3v) is 4.84. The zero-order valence-corrected chi connectivity index (χ0v) is 17.4. The predicted octanol–water partition coefficient (Wildman–Crippen LogP) is 4.09. The molecule has 1 fully saturated rings. The maximum absolute atomic E-state index is 12.6. The Kier molecular flexibility index (Phi) is 7.36. The number of nitro groups is 1. The van der Waals surface area contributed by atoms with E-state index in [1.165, 1.54) is 0 Å². The van der Waals surface area contributed by atoms with Gasteiger partial charge in [0.2, 0.25) is 0 Å². The lowest BCUT2D eigenvalue weighted by molar-refractivity contribution is -0.385. The van der Waals surface area contributed by atoms with E-state index in [2.05, 4.69) is 15.4 Å². The number of nitrogens with one attached hydrogen (secondary N) is 2. The summed E-state index contributed by atoms with van der Waals surface area (Å²) in [4.78, 5) is 36.9. The molecule has 1 aliphatic heterocycles. The lowest BCUT2D eigenvalue weighted by Crippen LogP contribution is -2.32. The van der Waals surface area contributed by atoms with Crippen LogP contribution in [-0.4, -0.2) is 47.6 Å². The Morgan fingerprint density at radius 1 is 1.12 bits per heavy atom. The molecule has 1 saturated heterocycles. The lowest BCUT2D eigenvalue weighted by atomic mass is 10.1. The molecular weight excluding hydrogens is 445 g/mol. The Bertz CT molecular complexity index is 1040. The van der Waals surface area contributed by atoms with Crippen LogP contribution < -0.4 is 15.4 Å². The number of carbonyl (C=O) groups is 2. The van der Waals surface area contributed by atoms with Gasteiger partial charge in [-0.3, -0.25) is 14.9 Å². The highest BCUT2D eigenvalue weighted by molar-refractivity contribution is 5.98. The van der Waals surface area contributed by atoms with Crippen molar-refractivity contribution in [3.8, 4) is 5.75 Å². The number of alkyl halides is 3. The second kappa shape index (κ2) is 10.2. The van der Waals surface area contributed by atoms with Crippen molar-refractivity contribution in [1.82, 2.24) is 10.2 Å². The number of nitro benzene ring substituents is 1. The summed E-state index contributed by atoms with van der Waals surface area (Å²) in [6.45, 7) is -0.253. The summed E-state index contributed by atoms with van der Waals surface area (Å²) in [6, 6.07) is 9.27. The molecule has 9 nitrogen and oxygen atoms in total. The van der Waals surface area contributed by atoms with E-state index in [1.54, 1.807) is 29.2 Å². The molecule has 0 aromatic heterocycles. The molecule has 0 saturated carbocycles. The molecule has 0 radical (unpaired) electrons. The van der Waals surface area contributed by atoms with Crippen LogP contribution in [0.15, 0.2) is 42.5 Å². The number of hydrogen-bond acceptors (Lipinski definition) is 5. The van der Waals surface area contributed by atoms with Gasteiger partial charge < -0.3 is 20.3 Å². The molecule has 3 rings (SSSR count). The van der Waals surface area contributed by atoms with E-state index < -0.39 is 34.9 Å². The van der Waals surface area contributed by atoms with Gasteiger partial charge in [0, 0.05) is 31.4 Å². The molecule has 0 spiro atoms. The molecule has 2 aromatic carbocycles. The van der Waals surface area contributed by atoms with E-state index >= 15 is 0 Å². The first-order chi connectivity index (χ1) is 15.6. The Balaban J connectivity index is 1.67. The van der Waals surface area contributed by atoms with Crippen LogP contribution in [0.2, 0.25) is 0 Å². The smallest absolute Gasteiger partial charge is 0.422 e. The standard InChI is InChI=1S/C21H21F3N4O5/c22-21(23,24)13-33-16-6-7-18(28(31)32)17(11-16)19(29)25-12-14-4-3-5-15(10-14)26-20(30)27-8-1-2-9-27/h3-7,10-11H,1-2,8-9,12-13H2,(H,25,29)(H,26,30). The summed E-state index contributed by atoms with van der Waals surface area (Å²) >= 11 is 0. The fourth-order valence-corrected chi connectivity index (χ4v) is 3.27. The van der Waals surface area contributed by atoms with Crippen LogP contribution in [0, 0.1) is 10.1 Å². The van der Waals surface area contributed by atoms with Crippen molar-refractivity contribution < 1.29 is 32.4 Å². The number of urea groups is 1. The Hall–Kier alpha value is -3.83. The highest BCUT2D eigenvalue weighted by Gasteiger charge is 2.29. The van der Waals surface area contributed by atoms with Crippen molar-refractivity contribution in [2.75, 3.05) is 25.0 Å². The minimum atomic E-state index is -4.60. The molecule has 2 aromatic rings. The van der Waals surface area contributed by atoms with E-state index in [1.807, 2.05) is 0 Å². The van der Waals surface area contributed by atoms with Crippen LogP contribution in [0.5, 0.6) is 5.75 Å². The number of ether oxygens (including phenoxy) is 1. The SMILES string of the molecule is O=C(NCc1cccc(NC(=O)N2CCCC2)c1)c1cc(OCC(F)(F)F)ccc1[N+](=O)[O-]. The fraction of sp³-hybridized carbons (Fsp3) is 0.333. The van der Waals surface area contributed by atoms with Crippen molar-refractivity contribution >= 4 is 23.3 Å². The zero-order chi connectivity index (χ0) is 24.0. The summed E-state index contributed by atoms with van der Waals surface area (Å²) in [5.41, 5.74) is 0.124. The van der Waals surface area contributed by atoms with Crippen LogP contribution >= 0.6 is 0 Å². The summed E-state index contributed by atoms with van der Waals surface area (Å²) in [5.74, 6) is -1.18. The van der Waals surface area contributed by atoms with Crippen LogP contribution in [0.25, 0.3) is 0 Å². The quantitative estimate of drug-likeness (QED) is 0.471. The highest BCUT2D eigenvalue weighted by atomic mass is 19.4. The van der Waals surface area contributed by atoms with Gasteiger partial charge in [0.05, 0.1) is 4.92 Å². The number of rotatable bonds is 7. The summed E-state index contributed by atoms with van der Waals surface area (Å²) in [5, 5.41) is 16.5. The number of benzene rings is 2. The molecule has 0 unspecified atom stereocenters. The van der Waals surface area contributed by atoms with Gasteiger partial charge in [-0.05, 0) is 42.7 Å².